The molecule has 0 bridgehead atoms. The van der Waals surface area contributed by atoms with Gasteiger partial charge in [0.25, 0.3) is 5.91 Å². The lowest BCUT2D eigenvalue weighted by atomic mass is 10.1. The van der Waals surface area contributed by atoms with Gasteiger partial charge in [0.1, 0.15) is 11.6 Å². The van der Waals surface area contributed by atoms with E-state index in [0.717, 1.165) is 24.0 Å². The van der Waals surface area contributed by atoms with Crippen LogP contribution in [-0.2, 0) is 4.79 Å². The van der Waals surface area contributed by atoms with Crippen molar-refractivity contribution in [1.82, 2.24) is 0 Å². The van der Waals surface area contributed by atoms with Crippen molar-refractivity contribution in [3.63, 3.8) is 0 Å². The summed E-state index contributed by atoms with van der Waals surface area (Å²) in [6, 6.07) is 13.1. The van der Waals surface area contributed by atoms with E-state index in [-0.39, 0.29) is 5.57 Å². The van der Waals surface area contributed by atoms with Crippen molar-refractivity contribution in [2.45, 2.75) is 40.5 Å². The Morgan fingerprint density at radius 2 is 1.90 bits per heavy atom. The molecule has 0 spiro atoms. The number of unbranched alkanes of at least 4 members (excludes halogenated alkanes) is 1. The number of carbonyl (C=O) groups is 1. The van der Waals surface area contributed by atoms with Gasteiger partial charge in [-0.3, -0.25) is 4.79 Å². The van der Waals surface area contributed by atoms with Crippen molar-refractivity contribution in [1.29, 1.82) is 5.26 Å². The highest BCUT2D eigenvalue weighted by molar-refractivity contribution is 6.10. The number of benzene rings is 2. The molecule has 0 aliphatic heterocycles. The first kappa shape index (κ1) is 22.0. The zero-order chi connectivity index (χ0) is 21.2. The molecule has 29 heavy (non-hydrogen) atoms. The second kappa shape index (κ2) is 10.9. The smallest absolute Gasteiger partial charge is 0.266 e. The third-order valence-corrected chi connectivity index (χ3v) is 4.33. The van der Waals surface area contributed by atoms with Gasteiger partial charge in [-0.05, 0) is 62.6 Å². The van der Waals surface area contributed by atoms with E-state index in [1.807, 2.05) is 57.2 Å². The third-order valence-electron chi connectivity index (χ3n) is 4.33. The molecule has 5 heteroatoms. The molecule has 0 aliphatic carbocycles. The monoisotopic (exact) mass is 392 g/mol. The number of anilines is 1. The number of amides is 1. The molecule has 5 nitrogen and oxygen atoms in total. The molecular formula is C24H28N2O3. The van der Waals surface area contributed by atoms with Crippen molar-refractivity contribution in [2.24, 2.45) is 0 Å². The maximum absolute atomic E-state index is 12.6. The first-order valence-corrected chi connectivity index (χ1v) is 9.88. The topological polar surface area (TPSA) is 71.3 Å². The molecule has 1 amide bonds. The van der Waals surface area contributed by atoms with Gasteiger partial charge in [-0.2, -0.15) is 5.26 Å². The number of nitrogens with zero attached hydrogens (tertiary/aromatic N) is 1. The van der Waals surface area contributed by atoms with Crippen LogP contribution in [0.25, 0.3) is 6.08 Å². The van der Waals surface area contributed by atoms with Crippen LogP contribution in [0.1, 0.15) is 43.4 Å². The zero-order valence-corrected chi connectivity index (χ0v) is 17.5. The van der Waals surface area contributed by atoms with Crippen LogP contribution in [0, 0.1) is 25.2 Å². The Morgan fingerprint density at radius 3 is 2.55 bits per heavy atom. The SMILES string of the molecule is CCCCOc1ccc(/C=C(\C#N)C(=O)Nc2ccc(C)cc2C)cc1OCC. The van der Waals surface area contributed by atoms with Gasteiger partial charge in [0, 0.05) is 5.69 Å². The van der Waals surface area contributed by atoms with Gasteiger partial charge in [-0.15, -0.1) is 0 Å². The molecule has 0 aliphatic rings. The molecule has 0 saturated carbocycles. The largest absolute Gasteiger partial charge is 0.490 e. The molecule has 0 heterocycles. The van der Waals surface area contributed by atoms with Crippen molar-refractivity contribution < 1.29 is 14.3 Å². The fourth-order valence-corrected chi connectivity index (χ4v) is 2.79. The first-order chi connectivity index (χ1) is 14.0. The van der Waals surface area contributed by atoms with Crippen LogP contribution < -0.4 is 14.8 Å². The van der Waals surface area contributed by atoms with Gasteiger partial charge in [0.15, 0.2) is 11.5 Å². The second-order valence-electron chi connectivity index (χ2n) is 6.78. The van der Waals surface area contributed by atoms with Gasteiger partial charge < -0.3 is 14.8 Å². The first-order valence-electron chi connectivity index (χ1n) is 9.88. The summed E-state index contributed by atoms with van der Waals surface area (Å²) in [4.78, 5) is 12.6. The lowest BCUT2D eigenvalue weighted by Crippen LogP contribution is -2.14. The van der Waals surface area contributed by atoms with Crippen LogP contribution in [0.5, 0.6) is 11.5 Å². The highest BCUT2D eigenvalue weighted by atomic mass is 16.5. The maximum Gasteiger partial charge on any atom is 0.266 e. The molecule has 0 fully saturated rings. The van der Waals surface area contributed by atoms with Crippen LogP contribution in [0.4, 0.5) is 5.69 Å². The van der Waals surface area contributed by atoms with E-state index in [2.05, 4.69) is 12.2 Å². The molecule has 2 aromatic rings. The highest BCUT2D eigenvalue weighted by Crippen LogP contribution is 2.29. The fourth-order valence-electron chi connectivity index (χ4n) is 2.79. The number of nitrogens with one attached hydrogen (secondary N) is 1. The number of aryl methyl sites for hydroxylation is 2. The Balaban J connectivity index is 2.23. The van der Waals surface area contributed by atoms with Crippen LogP contribution in [0.3, 0.4) is 0 Å². The van der Waals surface area contributed by atoms with E-state index in [4.69, 9.17) is 9.47 Å². The number of ether oxygens (including phenoxy) is 2. The highest BCUT2D eigenvalue weighted by Gasteiger charge is 2.12. The van der Waals surface area contributed by atoms with E-state index in [0.29, 0.717) is 36.0 Å². The Morgan fingerprint density at radius 1 is 1.10 bits per heavy atom. The molecule has 0 saturated heterocycles. The summed E-state index contributed by atoms with van der Waals surface area (Å²) < 4.78 is 11.4. The lowest BCUT2D eigenvalue weighted by molar-refractivity contribution is -0.112. The van der Waals surface area contributed by atoms with Crippen molar-refractivity contribution in [3.8, 4) is 17.6 Å². The second-order valence-corrected chi connectivity index (χ2v) is 6.78. The average molecular weight is 392 g/mol. The standard InChI is InChI=1S/C24H28N2O3/c1-5-7-12-29-22-11-9-19(15-23(22)28-6-2)14-20(16-25)24(27)26-21-10-8-17(3)13-18(21)4/h8-11,13-15H,5-7,12H2,1-4H3,(H,26,27)/b20-14+. The number of carbonyl (C=O) groups excluding carboxylic acids is 1. The summed E-state index contributed by atoms with van der Waals surface area (Å²) in [7, 11) is 0. The van der Waals surface area contributed by atoms with E-state index in [9.17, 15) is 10.1 Å². The van der Waals surface area contributed by atoms with Crippen LogP contribution in [0.15, 0.2) is 42.0 Å². The van der Waals surface area contributed by atoms with Crippen molar-refractivity contribution >= 4 is 17.7 Å². The average Bonchev–Trinajstić information content (AvgIpc) is 2.70. The molecular weight excluding hydrogens is 364 g/mol. The number of hydrogen-bond acceptors (Lipinski definition) is 4. The van der Waals surface area contributed by atoms with Gasteiger partial charge in [0.05, 0.1) is 13.2 Å². The van der Waals surface area contributed by atoms with Gasteiger partial charge >= 0.3 is 0 Å². The summed E-state index contributed by atoms with van der Waals surface area (Å²) in [5.41, 5.74) is 3.47. The number of rotatable bonds is 9. The van der Waals surface area contributed by atoms with E-state index in [1.54, 1.807) is 12.1 Å². The number of nitriles is 1. The Hall–Kier alpha value is -3.26. The molecule has 1 N–H and O–H groups in total. The molecule has 2 rings (SSSR count). The van der Waals surface area contributed by atoms with E-state index in [1.165, 1.54) is 0 Å². The Labute approximate surface area is 173 Å². The predicted octanol–water partition coefficient (Wildman–Crippen LogP) is 5.43. The molecule has 0 atom stereocenters. The minimum atomic E-state index is -0.444. The Bertz CT molecular complexity index is 926. The minimum absolute atomic E-state index is 0.0204. The summed E-state index contributed by atoms with van der Waals surface area (Å²) in [5.74, 6) is 0.820. The summed E-state index contributed by atoms with van der Waals surface area (Å²) >= 11 is 0. The van der Waals surface area contributed by atoms with E-state index < -0.39 is 5.91 Å². The lowest BCUT2D eigenvalue weighted by Gasteiger charge is -2.12. The fraction of sp³-hybridized carbons (Fsp3) is 0.333. The quantitative estimate of drug-likeness (QED) is 0.351. The normalized spacial score (nSPS) is 10.9. The molecule has 152 valence electrons. The Kier molecular flexibility index (Phi) is 8.29. The summed E-state index contributed by atoms with van der Waals surface area (Å²) in [6.07, 6.45) is 3.56. The van der Waals surface area contributed by atoms with Crippen molar-refractivity contribution in [2.75, 3.05) is 18.5 Å². The molecule has 0 aromatic heterocycles. The van der Waals surface area contributed by atoms with Crippen LogP contribution >= 0.6 is 0 Å². The van der Waals surface area contributed by atoms with Crippen molar-refractivity contribution in [3.05, 3.63) is 58.7 Å². The predicted molar refractivity (Wildman–Crippen MR) is 116 cm³/mol. The number of hydrogen-bond donors (Lipinski definition) is 1. The summed E-state index contributed by atoms with van der Waals surface area (Å²) in [5, 5.41) is 12.3. The molecule has 0 unspecified atom stereocenters. The molecule has 0 radical (unpaired) electrons. The van der Waals surface area contributed by atoms with Crippen LogP contribution in [-0.4, -0.2) is 19.1 Å². The van der Waals surface area contributed by atoms with Gasteiger partial charge in [-0.1, -0.05) is 37.1 Å². The summed E-state index contributed by atoms with van der Waals surface area (Å²) in [6.45, 7) is 9.03. The minimum Gasteiger partial charge on any atom is -0.490 e. The maximum atomic E-state index is 12.6. The van der Waals surface area contributed by atoms with Gasteiger partial charge in [0.2, 0.25) is 0 Å². The molecule has 2 aromatic carbocycles. The third kappa shape index (κ3) is 6.39. The van der Waals surface area contributed by atoms with Gasteiger partial charge in [-0.25, -0.2) is 0 Å². The van der Waals surface area contributed by atoms with E-state index >= 15 is 0 Å². The zero-order valence-electron chi connectivity index (χ0n) is 17.5. The van der Waals surface area contributed by atoms with Crippen LogP contribution in [0.2, 0.25) is 0 Å².